The topological polar surface area (TPSA) is 63.7 Å². The molecule has 0 N–H and O–H groups in total. The molecule has 3 aromatic rings. The number of imide groups is 1. The molecule has 0 aromatic heterocycles. The van der Waals surface area contributed by atoms with Crippen LogP contribution in [-0.2, 0) is 11.3 Å². The third-order valence-corrected chi connectivity index (χ3v) is 6.20. The van der Waals surface area contributed by atoms with Crippen molar-refractivity contribution >= 4 is 58.2 Å². The summed E-state index contributed by atoms with van der Waals surface area (Å²) in [5.41, 5.74) is 1.47. The van der Waals surface area contributed by atoms with Gasteiger partial charge in [0.25, 0.3) is 11.1 Å². The summed E-state index contributed by atoms with van der Waals surface area (Å²) in [5, 5.41) is 0.211. The van der Waals surface area contributed by atoms with Crippen molar-refractivity contribution < 1.29 is 23.5 Å². The smallest absolute Gasteiger partial charge is 0.343 e. The number of esters is 1. The van der Waals surface area contributed by atoms with E-state index >= 15 is 0 Å². The van der Waals surface area contributed by atoms with E-state index in [2.05, 4.69) is 0 Å². The van der Waals surface area contributed by atoms with Gasteiger partial charge in [-0.05, 0) is 77.5 Å². The number of halogens is 3. The second kappa shape index (κ2) is 9.79. The second-order valence-corrected chi connectivity index (χ2v) is 8.81. The van der Waals surface area contributed by atoms with Crippen molar-refractivity contribution in [3.05, 3.63) is 104 Å². The first kappa shape index (κ1) is 23.0. The first-order valence-corrected chi connectivity index (χ1v) is 11.1. The normalized spacial score (nSPS) is 14.8. The highest BCUT2D eigenvalue weighted by Crippen LogP contribution is 2.34. The Morgan fingerprint density at radius 3 is 2.36 bits per heavy atom. The number of rotatable bonds is 5. The molecule has 5 nitrogen and oxygen atoms in total. The van der Waals surface area contributed by atoms with Crippen LogP contribution in [0.15, 0.2) is 71.6 Å². The number of amides is 2. The molecule has 3 aromatic carbocycles. The van der Waals surface area contributed by atoms with Gasteiger partial charge in [-0.25, -0.2) is 9.18 Å². The van der Waals surface area contributed by atoms with Crippen molar-refractivity contribution in [1.82, 2.24) is 4.90 Å². The molecular formula is C24H14Cl2FNO4S. The van der Waals surface area contributed by atoms with Crippen molar-refractivity contribution in [3.8, 4) is 5.75 Å². The van der Waals surface area contributed by atoms with E-state index in [-0.39, 0.29) is 16.5 Å². The van der Waals surface area contributed by atoms with Crippen LogP contribution in [0.2, 0.25) is 10.0 Å². The predicted molar refractivity (Wildman–Crippen MR) is 126 cm³/mol. The van der Waals surface area contributed by atoms with Crippen LogP contribution in [0.1, 0.15) is 21.5 Å². The van der Waals surface area contributed by atoms with Crippen LogP contribution in [0.5, 0.6) is 5.75 Å². The minimum absolute atomic E-state index is 0.0549. The number of hydrogen-bond acceptors (Lipinski definition) is 5. The molecule has 4 rings (SSSR count). The molecule has 1 aliphatic rings. The number of nitrogens with zero attached hydrogens (tertiary/aromatic N) is 1. The van der Waals surface area contributed by atoms with Crippen LogP contribution >= 0.6 is 35.0 Å². The number of carbonyl (C=O) groups is 3. The molecule has 0 radical (unpaired) electrons. The average molecular weight is 502 g/mol. The molecule has 0 atom stereocenters. The van der Waals surface area contributed by atoms with Crippen LogP contribution < -0.4 is 4.74 Å². The lowest BCUT2D eigenvalue weighted by Crippen LogP contribution is -2.27. The number of carbonyl (C=O) groups excluding carboxylic acids is 3. The molecule has 0 aliphatic carbocycles. The van der Waals surface area contributed by atoms with E-state index in [1.54, 1.807) is 54.6 Å². The SMILES string of the molecule is O=C(Oc1ccc(/C=C2\SC(=O)N(Cc3ccc(F)cc3Cl)C2=O)cc1)c1ccc(Cl)cc1. The molecule has 33 heavy (non-hydrogen) atoms. The quantitative estimate of drug-likeness (QED) is 0.224. The van der Waals surface area contributed by atoms with Gasteiger partial charge in [0.1, 0.15) is 11.6 Å². The van der Waals surface area contributed by atoms with E-state index in [1.807, 2.05) is 0 Å². The zero-order chi connectivity index (χ0) is 23.5. The summed E-state index contributed by atoms with van der Waals surface area (Å²) in [6.07, 6.45) is 1.57. The number of ether oxygens (including phenoxy) is 1. The van der Waals surface area contributed by atoms with Crippen LogP contribution in [0.4, 0.5) is 9.18 Å². The van der Waals surface area contributed by atoms with Crippen molar-refractivity contribution in [2.45, 2.75) is 6.54 Å². The maximum absolute atomic E-state index is 13.2. The Hall–Kier alpha value is -3.13. The second-order valence-electron chi connectivity index (χ2n) is 6.97. The van der Waals surface area contributed by atoms with E-state index in [1.165, 1.54) is 12.1 Å². The summed E-state index contributed by atoms with van der Waals surface area (Å²) >= 11 is 12.6. The van der Waals surface area contributed by atoms with E-state index in [0.717, 1.165) is 22.7 Å². The summed E-state index contributed by atoms with van der Waals surface area (Å²) in [4.78, 5) is 38.6. The highest BCUT2D eigenvalue weighted by Gasteiger charge is 2.35. The van der Waals surface area contributed by atoms with Crippen molar-refractivity contribution in [3.63, 3.8) is 0 Å². The van der Waals surface area contributed by atoms with Gasteiger partial charge in [0.05, 0.1) is 17.0 Å². The maximum atomic E-state index is 13.2. The lowest BCUT2D eigenvalue weighted by atomic mass is 10.2. The molecule has 9 heteroatoms. The van der Waals surface area contributed by atoms with Gasteiger partial charge in [-0.15, -0.1) is 0 Å². The van der Waals surface area contributed by atoms with Crippen LogP contribution in [0.3, 0.4) is 0 Å². The molecule has 1 saturated heterocycles. The molecular weight excluding hydrogens is 488 g/mol. The zero-order valence-electron chi connectivity index (χ0n) is 16.8. The molecule has 166 valence electrons. The Balaban J connectivity index is 1.44. The Morgan fingerprint density at radius 1 is 1.00 bits per heavy atom. The molecule has 0 saturated carbocycles. The van der Waals surface area contributed by atoms with Crippen molar-refractivity contribution in [2.24, 2.45) is 0 Å². The Kier molecular flexibility index (Phi) is 6.83. The molecule has 0 unspecified atom stereocenters. The average Bonchev–Trinajstić information content (AvgIpc) is 3.04. The Morgan fingerprint density at radius 2 is 1.70 bits per heavy atom. The van der Waals surface area contributed by atoms with Gasteiger partial charge < -0.3 is 4.74 Å². The summed E-state index contributed by atoms with van der Waals surface area (Å²) in [7, 11) is 0. The first-order valence-electron chi connectivity index (χ1n) is 9.57. The fourth-order valence-corrected chi connectivity index (χ4v) is 4.18. The van der Waals surface area contributed by atoms with Gasteiger partial charge in [-0.3, -0.25) is 14.5 Å². The van der Waals surface area contributed by atoms with Crippen LogP contribution in [0, 0.1) is 5.82 Å². The zero-order valence-corrected chi connectivity index (χ0v) is 19.1. The molecule has 1 aliphatic heterocycles. The van der Waals surface area contributed by atoms with Gasteiger partial charge in [0, 0.05) is 10.0 Å². The number of hydrogen-bond donors (Lipinski definition) is 0. The lowest BCUT2D eigenvalue weighted by molar-refractivity contribution is -0.123. The minimum atomic E-state index is -0.528. The number of benzene rings is 3. The summed E-state index contributed by atoms with van der Waals surface area (Å²) in [6, 6.07) is 16.6. The van der Waals surface area contributed by atoms with Gasteiger partial charge in [-0.2, -0.15) is 0 Å². The van der Waals surface area contributed by atoms with Crippen LogP contribution in [-0.4, -0.2) is 22.0 Å². The Labute approximate surface area is 202 Å². The predicted octanol–water partition coefficient (Wildman–Crippen LogP) is 6.59. The fourth-order valence-electron chi connectivity index (χ4n) is 2.99. The van der Waals surface area contributed by atoms with E-state index in [4.69, 9.17) is 27.9 Å². The summed E-state index contributed by atoms with van der Waals surface area (Å²) < 4.78 is 18.6. The largest absolute Gasteiger partial charge is 0.423 e. The summed E-state index contributed by atoms with van der Waals surface area (Å²) in [6.45, 7) is -0.0549. The van der Waals surface area contributed by atoms with Gasteiger partial charge in [0.2, 0.25) is 0 Å². The van der Waals surface area contributed by atoms with Gasteiger partial charge >= 0.3 is 5.97 Å². The standard InChI is InChI=1S/C24H14Cl2FNO4S/c25-17-6-3-15(4-7-17)23(30)32-19-9-1-14(2-10-19)11-21-22(29)28(24(31)33-21)13-16-5-8-18(27)12-20(16)26/h1-12H,13H2/b21-11-. The van der Waals surface area contributed by atoms with Crippen molar-refractivity contribution in [2.75, 3.05) is 0 Å². The van der Waals surface area contributed by atoms with E-state index in [0.29, 0.717) is 27.5 Å². The monoisotopic (exact) mass is 501 g/mol. The fraction of sp³-hybridized carbons (Fsp3) is 0.0417. The summed E-state index contributed by atoms with van der Waals surface area (Å²) in [5.74, 6) is -1.17. The highest BCUT2D eigenvalue weighted by molar-refractivity contribution is 8.18. The van der Waals surface area contributed by atoms with Crippen molar-refractivity contribution in [1.29, 1.82) is 0 Å². The third-order valence-electron chi connectivity index (χ3n) is 4.69. The number of thioether (sulfide) groups is 1. The molecule has 1 heterocycles. The maximum Gasteiger partial charge on any atom is 0.343 e. The highest BCUT2D eigenvalue weighted by atomic mass is 35.5. The molecule has 0 spiro atoms. The van der Waals surface area contributed by atoms with Gasteiger partial charge in [0.15, 0.2) is 0 Å². The molecule has 2 amide bonds. The third kappa shape index (κ3) is 5.45. The van der Waals surface area contributed by atoms with Crippen LogP contribution in [0.25, 0.3) is 6.08 Å². The molecule has 1 fully saturated rings. The molecule has 0 bridgehead atoms. The van der Waals surface area contributed by atoms with E-state index < -0.39 is 22.9 Å². The first-order chi connectivity index (χ1) is 15.8. The lowest BCUT2D eigenvalue weighted by Gasteiger charge is -2.13. The minimum Gasteiger partial charge on any atom is -0.423 e. The van der Waals surface area contributed by atoms with Gasteiger partial charge in [-0.1, -0.05) is 41.4 Å². The van der Waals surface area contributed by atoms with E-state index in [9.17, 15) is 18.8 Å². The Bertz CT molecular complexity index is 1280.